The third-order valence-electron chi connectivity index (χ3n) is 0.0630. The van der Waals surface area contributed by atoms with Gasteiger partial charge in [0.1, 0.15) is 0 Å². The fourth-order valence-corrected chi connectivity index (χ4v) is 0. The van der Waals surface area contributed by atoms with Crippen molar-refractivity contribution in [2.45, 2.75) is 0 Å². The molecular formula is CFO3-. The molecule has 0 aromatic rings. The van der Waals surface area contributed by atoms with Crippen molar-refractivity contribution >= 4 is 6.16 Å². The Hall–Kier alpha value is -0.800. The first-order valence-electron chi connectivity index (χ1n) is 0.767. The fourth-order valence-electron chi connectivity index (χ4n) is 0. The highest BCUT2D eigenvalue weighted by Gasteiger charge is 1.68. The molecule has 0 amide bonds. The normalized spacial score (nSPS) is 6.60. The third kappa shape index (κ3) is 3.20. The largest absolute Gasteiger partial charge is 0.424 e. The average Bonchev–Trinajstić information content (AvgIpc) is 1.38. The summed E-state index contributed by atoms with van der Waals surface area (Å²) in [5.74, 6) is 0. The molecule has 0 aliphatic heterocycles. The second-order valence-electron chi connectivity index (χ2n) is 0.327. The van der Waals surface area contributed by atoms with Crippen molar-refractivity contribution in [1.82, 2.24) is 0 Å². The molecule has 0 saturated heterocycles. The molecule has 0 bridgehead atoms. The van der Waals surface area contributed by atoms with Crippen LogP contribution >= 0.6 is 0 Å². The zero-order chi connectivity index (χ0) is 4.28. The molecule has 0 atom stereocenters. The van der Waals surface area contributed by atoms with E-state index in [1.165, 1.54) is 0 Å². The lowest BCUT2D eigenvalue weighted by atomic mass is 11.5. The standard InChI is InChI=1S/CHFO3/c2-5-1(3)4/h(H,3,4)/p-1. The van der Waals surface area contributed by atoms with Crippen LogP contribution < -0.4 is 5.11 Å². The zero-order valence-electron chi connectivity index (χ0n) is 2.10. The highest BCUT2D eigenvalue weighted by Crippen LogP contribution is 1.64. The number of rotatable bonds is 0. The van der Waals surface area contributed by atoms with Crippen molar-refractivity contribution in [2.75, 3.05) is 0 Å². The van der Waals surface area contributed by atoms with Crippen LogP contribution in [-0.4, -0.2) is 6.16 Å². The predicted octanol–water partition coefficient (Wildman–Crippen LogP) is -0.769. The van der Waals surface area contributed by atoms with Gasteiger partial charge in [0, 0.05) is 0 Å². The van der Waals surface area contributed by atoms with Crippen LogP contribution in [0.2, 0.25) is 0 Å². The minimum Gasteiger partial charge on any atom is -0.424 e. The molecule has 0 radical (unpaired) electrons. The Morgan fingerprint density at radius 3 is 2.20 bits per heavy atom. The van der Waals surface area contributed by atoms with Gasteiger partial charge in [0.25, 0.3) is 6.16 Å². The molecule has 0 heterocycles. The van der Waals surface area contributed by atoms with Crippen molar-refractivity contribution in [1.29, 1.82) is 0 Å². The van der Waals surface area contributed by atoms with E-state index < -0.39 is 6.16 Å². The molecular weight excluding hydrogens is 79.0 g/mol. The van der Waals surface area contributed by atoms with E-state index in [4.69, 9.17) is 9.90 Å². The van der Waals surface area contributed by atoms with Gasteiger partial charge in [0.15, 0.2) is 0 Å². The molecule has 0 saturated carbocycles. The van der Waals surface area contributed by atoms with Crippen LogP contribution in [0.15, 0.2) is 0 Å². The lowest BCUT2D eigenvalue weighted by Crippen LogP contribution is -2.19. The first-order chi connectivity index (χ1) is 2.27. The molecule has 5 heavy (non-hydrogen) atoms. The number of hydrogen-bond donors (Lipinski definition) is 0. The maximum atomic E-state index is 9.95. The van der Waals surface area contributed by atoms with Crippen LogP contribution in [0, 0.1) is 0 Å². The van der Waals surface area contributed by atoms with Gasteiger partial charge < -0.3 is 14.8 Å². The molecule has 0 spiro atoms. The van der Waals surface area contributed by atoms with Gasteiger partial charge in [-0.2, -0.15) is 0 Å². The monoisotopic (exact) mass is 79.0 g/mol. The Bertz CT molecular complexity index is 42.2. The summed E-state index contributed by atoms with van der Waals surface area (Å²) in [6.07, 6.45) is -2.16. The summed E-state index contributed by atoms with van der Waals surface area (Å²) in [4.78, 5) is 10.7. The maximum Gasteiger partial charge on any atom is 0.284 e. The fraction of sp³-hybridized carbons (Fsp3) is 0. The average molecular weight is 79.0 g/mol. The van der Waals surface area contributed by atoms with Crippen LogP contribution in [0.25, 0.3) is 0 Å². The van der Waals surface area contributed by atoms with Gasteiger partial charge in [-0.15, -0.1) is 0 Å². The van der Waals surface area contributed by atoms with E-state index >= 15 is 0 Å². The van der Waals surface area contributed by atoms with Gasteiger partial charge in [-0.1, -0.05) is 4.53 Å². The van der Waals surface area contributed by atoms with Crippen molar-refractivity contribution in [3.8, 4) is 0 Å². The molecule has 0 aromatic heterocycles. The van der Waals surface area contributed by atoms with E-state index in [1.807, 2.05) is 0 Å². The summed E-state index contributed by atoms with van der Waals surface area (Å²) < 4.78 is 9.95. The third-order valence-corrected chi connectivity index (χ3v) is 0.0630. The van der Waals surface area contributed by atoms with Crippen LogP contribution in [0.3, 0.4) is 0 Å². The maximum absolute atomic E-state index is 9.95. The SMILES string of the molecule is O=C([O-])OF. The summed E-state index contributed by atoms with van der Waals surface area (Å²) in [5.41, 5.74) is 0. The number of halogens is 1. The Morgan fingerprint density at radius 1 is 2.00 bits per heavy atom. The van der Waals surface area contributed by atoms with Gasteiger partial charge in [-0.3, -0.25) is 0 Å². The van der Waals surface area contributed by atoms with Gasteiger partial charge >= 0.3 is 0 Å². The Kier molecular flexibility index (Phi) is 1.27. The van der Waals surface area contributed by atoms with Crippen molar-refractivity contribution in [3.05, 3.63) is 0 Å². The zero-order valence-corrected chi connectivity index (χ0v) is 2.10. The van der Waals surface area contributed by atoms with Crippen molar-refractivity contribution < 1.29 is 19.4 Å². The van der Waals surface area contributed by atoms with Crippen LogP contribution in [0.5, 0.6) is 0 Å². The van der Waals surface area contributed by atoms with Crippen LogP contribution in [0.1, 0.15) is 0 Å². The predicted molar refractivity (Wildman–Crippen MR) is 7.59 cm³/mol. The minimum atomic E-state index is -2.16. The van der Waals surface area contributed by atoms with Gasteiger partial charge in [-0.25, -0.2) is 0 Å². The van der Waals surface area contributed by atoms with Crippen molar-refractivity contribution in [2.24, 2.45) is 0 Å². The highest BCUT2D eigenvalue weighted by atomic mass is 19.3. The first-order valence-corrected chi connectivity index (χ1v) is 0.767. The van der Waals surface area contributed by atoms with E-state index in [0.29, 0.717) is 0 Å². The smallest absolute Gasteiger partial charge is 0.284 e. The van der Waals surface area contributed by atoms with Crippen LogP contribution in [0.4, 0.5) is 9.32 Å². The Labute approximate surface area is 26.9 Å². The van der Waals surface area contributed by atoms with E-state index in [2.05, 4.69) is 4.94 Å². The van der Waals surface area contributed by atoms with E-state index in [0.717, 1.165) is 0 Å². The molecule has 0 aliphatic carbocycles. The van der Waals surface area contributed by atoms with E-state index in [-0.39, 0.29) is 0 Å². The summed E-state index contributed by atoms with van der Waals surface area (Å²) in [6.45, 7) is 0. The van der Waals surface area contributed by atoms with E-state index in [1.54, 1.807) is 0 Å². The van der Waals surface area contributed by atoms with Gasteiger partial charge in [0.05, 0.1) is 0 Å². The molecule has 30 valence electrons. The summed E-state index contributed by atoms with van der Waals surface area (Å²) in [7, 11) is 0. The quantitative estimate of drug-likeness (QED) is 0.383. The van der Waals surface area contributed by atoms with E-state index in [9.17, 15) is 4.53 Å². The van der Waals surface area contributed by atoms with Crippen LogP contribution in [-0.2, 0) is 4.94 Å². The van der Waals surface area contributed by atoms with Gasteiger partial charge in [0.2, 0.25) is 0 Å². The molecule has 3 nitrogen and oxygen atoms in total. The second kappa shape index (κ2) is 1.51. The van der Waals surface area contributed by atoms with Crippen molar-refractivity contribution in [3.63, 3.8) is 0 Å². The molecule has 0 N–H and O–H groups in total. The topological polar surface area (TPSA) is 49.4 Å². The summed E-state index contributed by atoms with van der Waals surface area (Å²) in [5, 5.41) is 8.66. The highest BCUT2D eigenvalue weighted by molar-refractivity contribution is 5.52. The molecule has 0 fully saturated rings. The molecule has 0 aliphatic rings. The summed E-state index contributed by atoms with van der Waals surface area (Å²) in [6, 6.07) is 0. The lowest BCUT2D eigenvalue weighted by molar-refractivity contribution is -0.314. The Balaban J connectivity index is 2.85. The Morgan fingerprint density at radius 2 is 2.20 bits per heavy atom. The molecule has 4 heteroatoms. The first kappa shape index (κ1) is 4.20. The number of carbonyl (C=O) groups is 1. The van der Waals surface area contributed by atoms with Gasteiger partial charge in [-0.05, 0) is 0 Å². The number of carbonyl (C=O) groups excluding carboxylic acids is 1. The molecule has 0 unspecified atom stereocenters. The number of hydrogen-bond acceptors (Lipinski definition) is 3. The minimum absolute atomic E-state index is 2.06. The summed E-state index contributed by atoms with van der Waals surface area (Å²) >= 11 is 0. The number of carboxylic acid groups (broad SMARTS) is 1. The molecule has 0 aromatic carbocycles. The second-order valence-corrected chi connectivity index (χ2v) is 0.327. The molecule has 0 rings (SSSR count). The lowest BCUT2D eigenvalue weighted by Gasteiger charge is -1.85.